The second-order valence-corrected chi connectivity index (χ2v) is 3.52. The van der Waals surface area contributed by atoms with E-state index in [4.69, 9.17) is 0 Å². The van der Waals surface area contributed by atoms with Gasteiger partial charge in [0.05, 0.1) is 0 Å². The molecule has 0 bridgehead atoms. The third kappa shape index (κ3) is 3.91. The van der Waals surface area contributed by atoms with Crippen LogP contribution in [0.1, 0.15) is 0 Å². The number of piperazine rings is 1. The van der Waals surface area contributed by atoms with Crippen molar-refractivity contribution in [3.63, 3.8) is 0 Å². The fraction of sp³-hybridized carbons (Fsp3) is 0.667. The summed E-state index contributed by atoms with van der Waals surface area (Å²) < 4.78 is 35.5. The molecule has 0 radical (unpaired) electrons. The minimum absolute atomic E-state index is 0.589. The van der Waals surface area contributed by atoms with Gasteiger partial charge >= 0.3 is 6.18 Å². The molecule has 86 valence electrons. The Hall–Kier alpha value is -1.04. The van der Waals surface area contributed by atoms with E-state index in [1.807, 2.05) is 7.05 Å². The van der Waals surface area contributed by atoms with Gasteiger partial charge in [-0.25, -0.2) is 0 Å². The van der Waals surface area contributed by atoms with E-state index in [9.17, 15) is 18.0 Å². The van der Waals surface area contributed by atoms with Crippen LogP contribution in [-0.4, -0.2) is 55.0 Å². The Morgan fingerprint density at radius 3 is 2.20 bits per heavy atom. The van der Waals surface area contributed by atoms with Crippen molar-refractivity contribution in [2.75, 3.05) is 33.2 Å². The summed E-state index contributed by atoms with van der Waals surface area (Å²) in [7, 11) is 1.95. The maximum absolute atomic E-state index is 11.8. The highest BCUT2D eigenvalue weighted by atomic mass is 19.4. The molecule has 0 saturated carbocycles. The van der Waals surface area contributed by atoms with Crippen LogP contribution in [0.4, 0.5) is 13.2 Å². The van der Waals surface area contributed by atoms with Gasteiger partial charge < -0.3 is 9.80 Å². The molecule has 0 aliphatic carbocycles. The molecule has 1 saturated heterocycles. The Morgan fingerprint density at radius 1 is 1.20 bits per heavy atom. The molecule has 1 aliphatic heterocycles. The molecule has 1 rings (SSSR count). The topological polar surface area (TPSA) is 23.6 Å². The summed E-state index contributed by atoms with van der Waals surface area (Å²) in [5, 5.41) is 0. The fourth-order valence-electron chi connectivity index (χ4n) is 1.24. The van der Waals surface area contributed by atoms with Gasteiger partial charge in [-0.3, -0.25) is 4.79 Å². The van der Waals surface area contributed by atoms with E-state index in [1.165, 1.54) is 6.20 Å². The molecule has 3 nitrogen and oxygen atoms in total. The molecule has 6 heteroatoms. The van der Waals surface area contributed by atoms with Crippen LogP contribution >= 0.6 is 0 Å². The van der Waals surface area contributed by atoms with Crippen molar-refractivity contribution >= 4 is 5.78 Å². The van der Waals surface area contributed by atoms with E-state index in [1.54, 1.807) is 4.90 Å². The van der Waals surface area contributed by atoms with Gasteiger partial charge in [0.25, 0.3) is 5.78 Å². The van der Waals surface area contributed by atoms with E-state index in [2.05, 4.69) is 4.90 Å². The zero-order valence-electron chi connectivity index (χ0n) is 8.42. The number of alkyl halides is 3. The molecule has 15 heavy (non-hydrogen) atoms. The first-order chi connectivity index (χ1) is 6.89. The van der Waals surface area contributed by atoms with Gasteiger partial charge in [0.15, 0.2) is 0 Å². The van der Waals surface area contributed by atoms with E-state index >= 15 is 0 Å². The maximum Gasteiger partial charge on any atom is 0.454 e. The van der Waals surface area contributed by atoms with Crippen LogP contribution in [0.3, 0.4) is 0 Å². The predicted octanol–water partition coefficient (Wildman–Crippen LogP) is 0.879. The van der Waals surface area contributed by atoms with Crippen LogP contribution in [0.15, 0.2) is 12.3 Å². The summed E-state index contributed by atoms with van der Waals surface area (Å²) in [6, 6.07) is 0. The molecule has 0 N–H and O–H groups in total. The summed E-state index contributed by atoms with van der Waals surface area (Å²) in [5.41, 5.74) is 0. The number of halogens is 3. The first kappa shape index (κ1) is 12.0. The predicted molar refractivity (Wildman–Crippen MR) is 49.3 cm³/mol. The summed E-state index contributed by atoms with van der Waals surface area (Å²) in [6.45, 7) is 2.89. The van der Waals surface area contributed by atoms with Crippen molar-refractivity contribution < 1.29 is 18.0 Å². The number of ketones is 1. The average Bonchev–Trinajstić information content (AvgIpc) is 2.15. The summed E-state index contributed by atoms with van der Waals surface area (Å²) in [6.07, 6.45) is -2.95. The smallest absolute Gasteiger partial charge is 0.375 e. The molecule has 1 aliphatic rings. The Labute approximate surface area is 86.1 Å². The fourth-order valence-corrected chi connectivity index (χ4v) is 1.24. The Kier molecular flexibility index (Phi) is 3.73. The average molecular weight is 222 g/mol. The number of allylic oxidation sites excluding steroid dienone is 1. The molecule has 1 heterocycles. The number of likely N-dealkylation sites (N-methyl/N-ethyl adjacent to an activating group) is 1. The van der Waals surface area contributed by atoms with E-state index < -0.39 is 12.0 Å². The normalized spacial score (nSPS) is 19.9. The lowest BCUT2D eigenvalue weighted by atomic mass is 10.3. The molecular formula is C9H13F3N2O. The van der Waals surface area contributed by atoms with Gasteiger partial charge in [-0.05, 0) is 7.05 Å². The van der Waals surface area contributed by atoms with Crippen LogP contribution in [-0.2, 0) is 4.79 Å². The van der Waals surface area contributed by atoms with Crippen molar-refractivity contribution in [3.05, 3.63) is 12.3 Å². The van der Waals surface area contributed by atoms with Crippen LogP contribution < -0.4 is 0 Å². The zero-order valence-corrected chi connectivity index (χ0v) is 8.42. The van der Waals surface area contributed by atoms with Gasteiger partial charge in [-0.15, -0.1) is 0 Å². The number of hydrogen-bond donors (Lipinski definition) is 0. The lowest BCUT2D eigenvalue weighted by molar-refractivity contribution is -0.165. The minimum Gasteiger partial charge on any atom is -0.375 e. The third-order valence-electron chi connectivity index (χ3n) is 2.25. The van der Waals surface area contributed by atoms with Gasteiger partial charge in [-0.2, -0.15) is 13.2 Å². The molecular weight excluding hydrogens is 209 g/mol. The number of carbonyl (C=O) groups excluding carboxylic acids is 1. The van der Waals surface area contributed by atoms with Crippen molar-refractivity contribution in [2.45, 2.75) is 6.18 Å². The van der Waals surface area contributed by atoms with Crippen LogP contribution in [0.5, 0.6) is 0 Å². The van der Waals surface area contributed by atoms with Gasteiger partial charge in [0, 0.05) is 38.5 Å². The largest absolute Gasteiger partial charge is 0.454 e. The SMILES string of the molecule is CN1CCN(C=CC(=O)C(F)(F)F)CC1. The maximum atomic E-state index is 11.8. The lowest BCUT2D eigenvalue weighted by Gasteiger charge is -2.31. The Morgan fingerprint density at radius 2 is 1.73 bits per heavy atom. The van der Waals surface area contributed by atoms with Crippen molar-refractivity contribution in [1.29, 1.82) is 0 Å². The van der Waals surface area contributed by atoms with E-state index in [0.29, 0.717) is 19.2 Å². The third-order valence-corrected chi connectivity index (χ3v) is 2.25. The van der Waals surface area contributed by atoms with Crippen LogP contribution in [0.25, 0.3) is 0 Å². The molecule has 0 aromatic carbocycles. The highest BCUT2D eigenvalue weighted by Crippen LogP contribution is 2.16. The zero-order chi connectivity index (χ0) is 11.5. The van der Waals surface area contributed by atoms with Crippen molar-refractivity contribution in [1.82, 2.24) is 9.80 Å². The van der Waals surface area contributed by atoms with Gasteiger partial charge in [-0.1, -0.05) is 0 Å². The number of nitrogens with zero attached hydrogens (tertiary/aromatic N) is 2. The Bertz CT molecular complexity index is 255. The van der Waals surface area contributed by atoms with E-state index in [-0.39, 0.29) is 0 Å². The number of rotatable bonds is 2. The highest BCUT2D eigenvalue weighted by molar-refractivity contribution is 5.94. The molecule has 0 unspecified atom stereocenters. The number of hydrogen-bond acceptors (Lipinski definition) is 3. The van der Waals surface area contributed by atoms with Crippen molar-refractivity contribution in [2.24, 2.45) is 0 Å². The van der Waals surface area contributed by atoms with Gasteiger partial charge in [0.2, 0.25) is 0 Å². The second kappa shape index (κ2) is 4.65. The first-order valence-corrected chi connectivity index (χ1v) is 4.61. The second-order valence-electron chi connectivity index (χ2n) is 3.52. The summed E-state index contributed by atoms with van der Waals surface area (Å²) in [5.74, 6) is -1.80. The van der Waals surface area contributed by atoms with E-state index in [0.717, 1.165) is 13.1 Å². The molecule has 0 amide bonds. The van der Waals surface area contributed by atoms with Crippen LogP contribution in [0.2, 0.25) is 0 Å². The highest BCUT2D eigenvalue weighted by Gasteiger charge is 2.36. The van der Waals surface area contributed by atoms with Crippen molar-refractivity contribution in [3.8, 4) is 0 Å². The van der Waals surface area contributed by atoms with Gasteiger partial charge in [0.1, 0.15) is 0 Å². The Balaban J connectivity index is 2.42. The first-order valence-electron chi connectivity index (χ1n) is 4.61. The lowest BCUT2D eigenvalue weighted by Crippen LogP contribution is -2.41. The molecule has 0 atom stereocenters. The quantitative estimate of drug-likeness (QED) is 0.648. The monoisotopic (exact) mass is 222 g/mol. The summed E-state index contributed by atoms with van der Waals surface area (Å²) >= 11 is 0. The molecule has 1 fully saturated rings. The minimum atomic E-state index is -4.76. The summed E-state index contributed by atoms with van der Waals surface area (Å²) in [4.78, 5) is 14.3. The molecule has 0 spiro atoms. The standard InChI is InChI=1S/C9H13F3N2O/c1-13-4-6-14(7-5-13)3-2-8(15)9(10,11)12/h2-3H,4-7H2,1H3. The molecule has 0 aromatic rings. The number of carbonyl (C=O) groups is 1. The molecule has 0 aromatic heterocycles. The van der Waals surface area contributed by atoms with Crippen LogP contribution in [0, 0.1) is 0 Å².